The molecule has 1 N–H and O–H groups in total. The summed E-state index contributed by atoms with van der Waals surface area (Å²) in [6.07, 6.45) is 1.66. The molecular formula is C17H19ClN6O2. The number of benzene rings is 1. The van der Waals surface area contributed by atoms with Crippen LogP contribution in [0, 0.1) is 10.1 Å². The molecule has 1 aromatic heterocycles. The van der Waals surface area contributed by atoms with E-state index in [9.17, 15) is 10.1 Å². The van der Waals surface area contributed by atoms with Crippen LogP contribution in [0.4, 0.5) is 0 Å². The molecule has 1 fully saturated rings. The van der Waals surface area contributed by atoms with Crippen molar-refractivity contribution >= 4 is 17.6 Å². The Balaban J connectivity index is 1.79. The van der Waals surface area contributed by atoms with Gasteiger partial charge in [0.2, 0.25) is 0 Å². The average Bonchev–Trinajstić information content (AvgIpc) is 2.65. The second kappa shape index (κ2) is 8.11. The third-order valence-electron chi connectivity index (χ3n) is 4.26. The molecule has 136 valence electrons. The van der Waals surface area contributed by atoms with Crippen LogP contribution in [-0.4, -0.2) is 39.1 Å². The Labute approximate surface area is 156 Å². The van der Waals surface area contributed by atoms with Crippen LogP contribution in [0.1, 0.15) is 24.1 Å². The molecule has 2 aromatic rings. The number of halogens is 1. The van der Waals surface area contributed by atoms with E-state index < -0.39 is 5.03 Å². The minimum absolute atomic E-state index is 0.145. The van der Waals surface area contributed by atoms with Crippen molar-refractivity contribution in [2.45, 2.75) is 19.5 Å². The van der Waals surface area contributed by atoms with Gasteiger partial charge in [0.25, 0.3) is 5.96 Å². The molecule has 0 spiro atoms. The minimum atomic E-state index is -0.689. The molecule has 0 bridgehead atoms. The Morgan fingerprint density at radius 2 is 2.12 bits per heavy atom. The number of hydrazone groups is 1. The molecule has 1 aliphatic rings. The average molecular weight is 375 g/mol. The van der Waals surface area contributed by atoms with E-state index in [2.05, 4.69) is 39.4 Å². The molecule has 0 aliphatic carbocycles. The molecular weight excluding hydrogens is 356 g/mol. The fourth-order valence-corrected chi connectivity index (χ4v) is 2.96. The monoisotopic (exact) mass is 374 g/mol. The van der Waals surface area contributed by atoms with E-state index in [0.717, 1.165) is 5.56 Å². The van der Waals surface area contributed by atoms with Gasteiger partial charge in [-0.2, -0.15) is 0 Å². The van der Waals surface area contributed by atoms with E-state index >= 15 is 0 Å². The van der Waals surface area contributed by atoms with Crippen molar-refractivity contribution in [3.05, 3.63) is 75.1 Å². The number of nitrogens with zero attached hydrogens (tertiary/aromatic N) is 5. The van der Waals surface area contributed by atoms with E-state index in [1.165, 1.54) is 5.56 Å². The molecule has 0 saturated carbocycles. The second-order valence-corrected chi connectivity index (χ2v) is 6.39. The first-order valence-electron chi connectivity index (χ1n) is 8.14. The van der Waals surface area contributed by atoms with Crippen molar-refractivity contribution < 1.29 is 5.03 Å². The first-order valence-corrected chi connectivity index (χ1v) is 8.52. The van der Waals surface area contributed by atoms with Gasteiger partial charge in [0.05, 0.1) is 13.3 Å². The summed E-state index contributed by atoms with van der Waals surface area (Å²) in [7, 11) is 0. The fourth-order valence-electron chi connectivity index (χ4n) is 2.84. The zero-order chi connectivity index (χ0) is 18.5. The van der Waals surface area contributed by atoms with Crippen LogP contribution in [0.15, 0.2) is 53.8 Å². The normalized spacial score (nSPS) is 17.8. The van der Waals surface area contributed by atoms with Gasteiger partial charge >= 0.3 is 0 Å². The highest BCUT2D eigenvalue weighted by Crippen LogP contribution is 2.22. The van der Waals surface area contributed by atoms with Gasteiger partial charge in [-0.3, -0.25) is 4.90 Å². The van der Waals surface area contributed by atoms with Crippen molar-refractivity contribution in [1.29, 1.82) is 0 Å². The predicted octanol–water partition coefficient (Wildman–Crippen LogP) is 2.67. The number of nitro groups is 1. The van der Waals surface area contributed by atoms with Crippen LogP contribution >= 0.6 is 11.6 Å². The van der Waals surface area contributed by atoms with E-state index in [1.807, 2.05) is 29.2 Å². The van der Waals surface area contributed by atoms with Gasteiger partial charge in [-0.15, -0.1) is 0 Å². The first kappa shape index (κ1) is 18.1. The Hall–Kier alpha value is -2.71. The summed E-state index contributed by atoms with van der Waals surface area (Å²) in [5, 5.41) is 17.1. The number of hydrogen-bond donors (Lipinski definition) is 1. The molecule has 9 heteroatoms. The summed E-state index contributed by atoms with van der Waals surface area (Å²) >= 11 is 5.83. The van der Waals surface area contributed by atoms with Gasteiger partial charge in [0.1, 0.15) is 10.3 Å². The number of nitrogens with one attached hydrogen (secondary N) is 1. The quantitative estimate of drug-likeness (QED) is 0.492. The van der Waals surface area contributed by atoms with Crippen LogP contribution in [0.2, 0.25) is 5.15 Å². The summed E-state index contributed by atoms with van der Waals surface area (Å²) in [6.45, 7) is 3.51. The van der Waals surface area contributed by atoms with Crippen molar-refractivity contribution in [3.8, 4) is 0 Å². The molecule has 0 radical (unpaired) electrons. The minimum Gasteiger partial charge on any atom is -0.338 e. The van der Waals surface area contributed by atoms with E-state index in [1.54, 1.807) is 12.3 Å². The van der Waals surface area contributed by atoms with Crippen molar-refractivity contribution in [2.24, 2.45) is 5.10 Å². The number of pyridine rings is 1. The molecule has 0 amide bonds. The van der Waals surface area contributed by atoms with E-state index in [0.29, 0.717) is 25.0 Å². The molecule has 1 saturated heterocycles. The highest BCUT2D eigenvalue weighted by Gasteiger charge is 2.28. The van der Waals surface area contributed by atoms with Crippen LogP contribution < -0.4 is 5.32 Å². The SMILES string of the molecule is CC(c1ccccc1)N1CN/C(=N\[N+](=O)[O-])N(Cc2ccc(Cl)nc2)C1. The summed E-state index contributed by atoms with van der Waals surface area (Å²) in [4.78, 5) is 18.9. The van der Waals surface area contributed by atoms with Crippen LogP contribution in [-0.2, 0) is 6.54 Å². The lowest BCUT2D eigenvalue weighted by atomic mass is 10.1. The third-order valence-corrected chi connectivity index (χ3v) is 4.48. The lowest BCUT2D eigenvalue weighted by Crippen LogP contribution is -2.57. The van der Waals surface area contributed by atoms with Gasteiger partial charge in [0, 0.05) is 18.8 Å². The molecule has 1 unspecified atom stereocenters. The zero-order valence-electron chi connectivity index (χ0n) is 14.2. The molecule has 1 aromatic carbocycles. The molecule has 2 heterocycles. The van der Waals surface area contributed by atoms with Crippen LogP contribution in [0.3, 0.4) is 0 Å². The Morgan fingerprint density at radius 1 is 1.35 bits per heavy atom. The Morgan fingerprint density at radius 3 is 2.77 bits per heavy atom. The summed E-state index contributed by atoms with van der Waals surface area (Å²) in [5.74, 6) is 0.237. The number of rotatable bonds is 5. The molecule has 1 atom stereocenters. The van der Waals surface area contributed by atoms with Gasteiger partial charge in [0.15, 0.2) is 5.03 Å². The molecule has 1 aliphatic heterocycles. The number of hydrogen-bond acceptors (Lipinski definition) is 4. The lowest BCUT2D eigenvalue weighted by molar-refractivity contribution is -0.486. The first-order chi connectivity index (χ1) is 12.5. The largest absolute Gasteiger partial charge is 0.338 e. The van der Waals surface area contributed by atoms with Gasteiger partial charge in [-0.25, -0.2) is 15.1 Å². The highest BCUT2D eigenvalue weighted by atomic mass is 35.5. The van der Waals surface area contributed by atoms with Crippen LogP contribution in [0.5, 0.6) is 0 Å². The lowest BCUT2D eigenvalue weighted by Gasteiger charge is -2.40. The zero-order valence-corrected chi connectivity index (χ0v) is 15.0. The smallest absolute Gasteiger partial charge is 0.273 e. The standard InChI is InChI=1S/C17H19ClN6O2/c1-13(15-5-3-2-4-6-15)23-11-20-17(21-24(25)26)22(12-23)10-14-7-8-16(18)19-9-14/h2-9,13H,10-12H2,1H3,(H,20,21). The van der Waals surface area contributed by atoms with Crippen molar-refractivity contribution in [1.82, 2.24) is 20.1 Å². The van der Waals surface area contributed by atoms with E-state index in [4.69, 9.17) is 11.6 Å². The van der Waals surface area contributed by atoms with Gasteiger partial charge in [-0.05, 0) is 24.1 Å². The van der Waals surface area contributed by atoms with E-state index in [-0.39, 0.29) is 12.0 Å². The summed E-state index contributed by atoms with van der Waals surface area (Å²) in [6, 6.07) is 13.8. The Kier molecular flexibility index (Phi) is 5.65. The number of aromatic nitrogens is 1. The molecule has 8 nitrogen and oxygen atoms in total. The maximum Gasteiger partial charge on any atom is 0.273 e. The predicted molar refractivity (Wildman–Crippen MR) is 98.8 cm³/mol. The van der Waals surface area contributed by atoms with Crippen LogP contribution in [0.25, 0.3) is 0 Å². The summed E-state index contributed by atoms with van der Waals surface area (Å²) < 4.78 is 0. The summed E-state index contributed by atoms with van der Waals surface area (Å²) in [5.41, 5.74) is 2.07. The van der Waals surface area contributed by atoms with Crippen molar-refractivity contribution in [3.63, 3.8) is 0 Å². The molecule has 3 rings (SSSR count). The fraction of sp³-hybridized carbons (Fsp3) is 0.294. The number of guanidine groups is 1. The maximum atomic E-state index is 10.9. The third kappa shape index (κ3) is 4.47. The second-order valence-electron chi connectivity index (χ2n) is 6.00. The molecule has 26 heavy (non-hydrogen) atoms. The Bertz CT molecular complexity index is 784. The van der Waals surface area contributed by atoms with Gasteiger partial charge in [-0.1, -0.05) is 48.0 Å². The topological polar surface area (TPSA) is 86.9 Å². The van der Waals surface area contributed by atoms with Gasteiger partial charge < -0.3 is 10.2 Å². The maximum absolute atomic E-state index is 10.9. The highest BCUT2D eigenvalue weighted by molar-refractivity contribution is 6.29. The van der Waals surface area contributed by atoms with Crippen molar-refractivity contribution in [2.75, 3.05) is 13.3 Å².